The Hall–Kier alpha value is -2.47. The molecule has 0 fully saturated rings. The van der Waals surface area contributed by atoms with E-state index >= 15 is 0 Å². The predicted molar refractivity (Wildman–Crippen MR) is 95.2 cm³/mol. The van der Waals surface area contributed by atoms with Crippen molar-refractivity contribution in [1.82, 2.24) is 4.57 Å². The van der Waals surface area contributed by atoms with Gasteiger partial charge in [0.25, 0.3) is 5.91 Å². The van der Waals surface area contributed by atoms with E-state index in [9.17, 15) is 4.79 Å². The van der Waals surface area contributed by atoms with Gasteiger partial charge in [0.2, 0.25) is 0 Å². The molecule has 3 rings (SSSR count). The van der Waals surface area contributed by atoms with Crippen LogP contribution in [-0.2, 0) is 11.3 Å². The number of rotatable bonds is 6. The number of hydrogen-bond acceptors (Lipinski definition) is 4. The van der Waals surface area contributed by atoms with Gasteiger partial charge in [-0.15, -0.1) is 0 Å². The van der Waals surface area contributed by atoms with Crippen molar-refractivity contribution < 1.29 is 19.0 Å². The van der Waals surface area contributed by atoms with Gasteiger partial charge in [0.15, 0.2) is 11.5 Å². The van der Waals surface area contributed by atoms with Gasteiger partial charge < -0.3 is 24.5 Å². The molecular formula is C19H24N2O4. The molecule has 0 radical (unpaired) electrons. The van der Waals surface area contributed by atoms with Gasteiger partial charge in [-0.3, -0.25) is 4.79 Å². The van der Waals surface area contributed by atoms with Crippen molar-refractivity contribution in [2.24, 2.45) is 5.73 Å². The minimum atomic E-state index is -0.418. The molecule has 1 aromatic carbocycles. The zero-order chi connectivity index (χ0) is 17.8. The minimum Gasteiger partial charge on any atom is -0.490 e. The third-order valence-electron chi connectivity index (χ3n) is 4.41. The fourth-order valence-corrected chi connectivity index (χ4v) is 3.11. The number of nitrogens with two attached hydrogens (primary N) is 1. The average molecular weight is 344 g/mol. The van der Waals surface area contributed by atoms with E-state index in [-0.39, 0.29) is 0 Å². The largest absolute Gasteiger partial charge is 0.490 e. The van der Waals surface area contributed by atoms with Crippen LogP contribution in [0.3, 0.4) is 0 Å². The Kier molecular flexibility index (Phi) is 5.28. The van der Waals surface area contributed by atoms with Crippen molar-refractivity contribution in [2.45, 2.75) is 26.3 Å². The van der Waals surface area contributed by atoms with E-state index in [0.29, 0.717) is 25.4 Å². The first kappa shape index (κ1) is 17.4. The summed E-state index contributed by atoms with van der Waals surface area (Å²) in [6.45, 7) is 4.61. The number of fused-ring (bicyclic) bond motifs is 1. The zero-order valence-corrected chi connectivity index (χ0v) is 14.7. The molecule has 6 heteroatoms. The molecule has 0 bridgehead atoms. The van der Waals surface area contributed by atoms with Gasteiger partial charge in [0.1, 0.15) is 0 Å². The molecule has 6 nitrogen and oxygen atoms in total. The van der Waals surface area contributed by atoms with Crippen molar-refractivity contribution in [3.05, 3.63) is 35.5 Å². The van der Waals surface area contributed by atoms with Gasteiger partial charge in [-0.2, -0.15) is 0 Å². The summed E-state index contributed by atoms with van der Waals surface area (Å²) in [4.78, 5) is 11.8. The SMILES string of the molecule is COCCCn1c(-c2ccc3c(c2)OCCCO3)cc(C(N)=O)c1C. The number of benzene rings is 1. The molecule has 0 spiro atoms. The number of carbonyl (C=O) groups is 1. The van der Waals surface area contributed by atoms with Gasteiger partial charge in [-0.1, -0.05) is 0 Å². The number of primary amides is 1. The maximum absolute atomic E-state index is 11.8. The summed E-state index contributed by atoms with van der Waals surface area (Å²) < 4.78 is 18.7. The monoisotopic (exact) mass is 344 g/mol. The second-order valence-corrected chi connectivity index (χ2v) is 6.10. The van der Waals surface area contributed by atoms with Crippen molar-refractivity contribution in [1.29, 1.82) is 0 Å². The molecule has 134 valence electrons. The molecule has 2 N–H and O–H groups in total. The normalized spacial score (nSPS) is 13.5. The predicted octanol–water partition coefficient (Wildman–Crippen LogP) is 2.76. The van der Waals surface area contributed by atoms with E-state index in [4.69, 9.17) is 19.9 Å². The van der Waals surface area contributed by atoms with Crippen molar-refractivity contribution in [3.8, 4) is 22.8 Å². The van der Waals surface area contributed by atoms with E-state index in [1.54, 1.807) is 7.11 Å². The maximum Gasteiger partial charge on any atom is 0.250 e. The number of ether oxygens (including phenoxy) is 3. The Bertz CT molecular complexity index is 767. The van der Waals surface area contributed by atoms with E-state index in [1.807, 2.05) is 31.2 Å². The number of aromatic nitrogens is 1. The molecule has 0 saturated heterocycles. The topological polar surface area (TPSA) is 75.7 Å². The average Bonchev–Trinajstić information content (AvgIpc) is 2.78. The first-order valence-electron chi connectivity index (χ1n) is 8.50. The molecule has 1 aliphatic rings. The zero-order valence-electron chi connectivity index (χ0n) is 14.7. The van der Waals surface area contributed by atoms with Crippen LogP contribution in [0.25, 0.3) is 11.3 Å². The molecule has 25 heavy (non-hydrogen) atoms. The summed E-state index contributed by atoms with van der Waals surface area (Å²) in [7, 11) is 1.68. The van der Waals surface area contributed by atoms with Gasteiger partial charge in [0.05, 0.1) is 18.8 Å². The maximum atomic E-state index is 11.8. The molecule has 0 aliphatic carbocycles. The Morgan fingerprint density at radius 3 is 2.72 bits per heavy atom. The van der Waals surface area contributed by atoms with Crippen LogP contribution in [0.4, 0.5) is 0 Å². The molecule has 1 aliphatic heterocycles. The smallest absolute Gasteiger partial charge is 0.250 e. The lowest BCUT2D eigenvalue weighted by molar-refractivity contribution is 0.0999. The summed E-state index contributed by atoms with van der Waals surface area (Å²) in [6.07, 6.45) is 1.71. The van der Waals surface area contributed by atoms with E-state index < -0.39 is 5.91 Å². The summed E-state index contributed by atoms with van der Waals surface area (Å²) in [5.74, 6) is 1.07. The summed E-state index contributed by atoms with van der Waals surface area (Å²) in [6, 6.07) is 7.72. The van der Waals surface area contributed by atoms with Crippen LogP contribution < -0.4 is 15.2 Å². The first-order valence-corrected chi connectivity index (χ1v) is 8.50. The highest BCUT2D eigenvalue weighted by Crippen LogP contribution is 2.35. The van der Waals surface area contributed by atoms with Gasteiger partial charge in [-0.25, -0.2) is 0 Å². The fraction of sp³-hybridized carbons (Fsp3) is 0.421. The standard InChI is InChI=1S/C19H24N2O4/c1-13-15(19(20)22)12-16(21(13)7-3-8-23-2)14-5-6-17-18(11-14)25-10-4-9-24-17/h5-6,11-12H,3-4,7-10H2,1-2H3,(H2,20,22). The van der Waals surface area contributed by atoms with E-state index in [0.717, 1.165) is 47.8 Å². The highest BCUT2D eigenvalue weighted by atomic mass is 16.5. The van der Waals surface area contributed by atoms with E-state index in [1.165, 1.54) is 0 Å². The van der Waals surface area contributed by atoms with Crippen LogP contribution in [0.2, 0.25) is 0 Å². The second kappa shape index (κ2) is 7.61. The summed E-state index contributed by atoms with van der Waals surface area (Å²) in [5, 5.41) is 0. The van der Waals surface area contributed by atoms with Gasteiger partial charge in [-0.05, 0) is 37.6 Å². The number of amides is 1. The van der Waals surface area contributed by atoms with Crippen LogP contribution >= 0.6 is 0 Å². The third kappa shape index (κ3) is 3.64. The number of hydrogen-bond donors (Lipinski definition) is 1. The van der Waals surface area contributed by atoms with Gasteiger partial charge >= 0.3 is 0 Å². The summed E-state index contributed by atoms with van der Waals surface area (Å²) in [5.41, 5.74) is 8.86. The van der Waals surface area contributed by atoms with Gasteiger partial charge in [0, 0.05) is 43.6 Å². The molecule has 0 saturated carbocycles. The Labute approximate surface area is 147 Å². The quantitative estimate of drug-likeness (QED) is 0.818. The molecule has 1 aromatic heterocycles. The molecule has 0 atom stereocenters. The van der Waals surface area contributed by atoms with Crippen LogP contribution in [0.15, 0.2) is 24.3 Å². The highest BCUT2D eigenvalue weighted by molar-refractivity contribution is 5.95. The molecule has 0 unspecified atom stereocenters. The Morgan fingerprint density at radius 2 is 2.00 bits per heavy atom. The van der Waals surface area contributed by atoms with Crippen LogP contribution in [0.1, 0.15) is 28.9 Å². The van der Waals surface area contributed by atoms with E-state index in [2.05, 4.69) is 4.57 Å². The minimum absolute atomic E-state index is 0.418. The van der Waals surface area contributed by atoms with Crippen LogP contribution in [-0.4, -0.2) is 37.4 Å². The highest BCUT2D eigenvalue weighted by Gasteiger charge is 2.18. The van der Waals surface area contributed by atoms with Crippen LogP contribution in [0.5, 0.6) is 11.5 Å². The number of methoxy groups -OCH3 is 1. The second-order valence-electron chi connectivity index (χ2n) is 6.10. The molecular weight excluding hydrogens is 320 g/mol. The number of carbonyl (C=O) groups excluding carboxylic acids is 1. The lowest BCUT2D eigenvalue weighted by Gasteiger charge is -2.14. The Balaban J connectivity index is 2.01. The molecule has 2 heterocycles. The Morgan fingerprint density at radius 1 is 1.24 bits per heavy atom. The van der Waals surface area contributed by atoms with Crippen molar-refractivity contribution in [2.75, 3.05) is 26.9 Å². The number of nitrogens with zero attached hydrogens (tertiary/aromatic N) is 1. The van der Waals surface area contributed by atoms with Crippen LogP contribution in [0, 0.1) is 6.92 Å². The van der Waals surface area contributed by atoms with Crippen molar-refractivity contribution >= 4 is 5.91 Å². The lowest BCUT2D eigenvalue weighted by atomic mass is 10.1. The lowest BCUT2D eigenvalue weighted by Crippen LogP contribution is -2.13. The fourth-order valence-electron chi connectivity index (χ4n) is 3.11. The summed E-state index contributed by atoms with van der Waals surface area (Å²) >= 11 is 0. The van der Waals surface area contributed by atoms with Crippen molar-refractivity contribution in [3.63, 3.8) is 0 Å². The third-order valence-corrected chi connectivity index (χ3v) is 4.41. The first-order chi connectivity index (χ1) is 12.1. The molecule has 2 aromatic rings. The molecule has 1 amide bonds.